The fraction of sp³-hybridized carbons (Fsp3) is 0.911. The van der Waals surface area contributed by atoms with Crippen molar-refractivity contribution < 1.29 is 80.2 Å². The van der Waals surface area contributed by atoms with Gasteiger partial charge < -0.3 is 33.8 Å². The first kappa shape index (κ1) is 62.1. The minimum atomic E-state index is -4.90. The number of ether oxygens (including phenoxy) is 4. The van der Waals surface area contributed by atoms with Gasteiger partial charge >= 0.3 is 39.5 Å². The standard InChI is InChI=1S/C45H86O17P2/c1-5-9-13-15-16-17-18-19-20-21-22-23-24-25-28-32-45(50)62-40(35-55-42(47)29-12-8-4)37-59-63(51,52)57-33-39(46)34-58-64(53,54)60-38-41(61-44(49)31-26-11-7-3)36-56-43(48)30-27-14-10-6-2/h39-41,46H,5-38H2,1-4H3,(H,51,52)(H,53,54)/t39-,40+,41+/m0/s1. The lowest BCUT2D eigenvalue weighted by molar-refractivity contribution is -0.161. The van der Waals surface area contributed by atoms with Crippen molar-refractivity contribution in [3.63, 3.8) is 0 Å². The summed E-state index contributed by atoms with van der Waals surface area (Å²) in [6, 6.07) is 0. The summed E-state index contributed by atoms with van der Waals surface area (Å²) in [6.45, 7) is 4.17. The summed E-state index contributed by atoms with van der Waals surface area (Å²) < 4.78 is 66.0. The van der Waals surface area contributed by atoms with Crippen LogP contribution in [-0.4, -0.2) is 96.7 Å². The number of aliphatic hydroxyl groups is 1. The lowest BCUT2D eigenvalue weighted by atomic mass is 10.0. The Kier molecular flexibility index (Phi) is 40.0. The monoisotopic (exact) mass is 961 g/mol. The van der Waals surface area contributed by atoms with E-state index in [1.807, 2.05) is 20.8 Å². The Hall–Kier alpha value is -1.94. The van der Waals surface area contributed by atoms with E-state index >= 15 is 0 Å². The van der Waals surface area contributed by atoms with Gasteiger partial charge in [0.2, 0.25) is 0 Å². The largest absolute Gasteiger partial charge is 0.472 e. The molecule has 0 amide bonds. The Morgan fingerprint density at radius 3 is 1.02 bits per heavy atom. The number of phosphoric ester groups is 2. The molecule has 0 spiro atoms. The van der Waals surface area contributed by atoms with Crippen LogP contribution < -0.4 is 0 Å². The van der Waals surface area contributed by atoms with Crippen molar-refractivity contribution >= 4 is 39.5 Å². The van der Waals surface area contributed by atoms with Gasteiger partial charge in [0.05, 0.1) is 26.4 Å². The predicted octanol–water partition coefficient (Wildman–Crippen LogP) is 10.5. The van der Waals surface area contributed by atoms with E-state index in [0.717, 1.165) is 64.2 Å². The van der Waals surface area contributed by atoms with Gasteiger partial charge in [-0.05, 0) is 25.7 Å². The van der Waals surface area contributed by atoms with Crippen molar-refractivity contribution in [2.45, 2.75) is 226 Å². The van der Waals surface area contributed by atoms with Crippen LogP contribution in [0.4, 0.5) is 0 Å². The lowest BCUT2D eigenvalue weighted by Crippen LogP contribution is -2.30. The first-order chi connectivity index (χ1) is 30.7. The molecule has 0 aliphatic rings. The number of hydrogen-bond donors (Lipinski definition) is 3. The molecule has 64 heavy (non-hydrogen) atoms. The van der Waals surface area contributed by atoms with E-state index in [1.165, 1.54) is 64.2 Å². The van der Waals surface area contributed by atoms with Gasteiger partial charge in [0, 0.05) is 25.7 Å². The molecule has 378 valence electrons. The van der Waals surface area contributed by atoms with Crippen LogP contribution in [0.3, 0.4) is 0 Å². The summed E-state index contributed by atoms with van der Waals surface area (Å²) in [4.78, 5) is 69.8. The number of phosphoric acid groups is 2. The molecule has 0 aliphatic carbocycles. The normalized spacial score (nSPS) is 14.8. The zero-order valence-corrected chi connectivity index (χ0v) is 41.5. The molecule has 0 radical (unpaired) electrons. The molecule has 0 aromatic heterocycles. The highest BCUT2D eigenvalue weighted by molar-refractivity contribution is 7.47. The Balaban J connectivity index is 4.86. The zero-order valence-electron chi connectivity index (χ0n) is 39.7. The first-order valence-electron chi connectivity index (χ1n) is 24.3. The van der Waals surface area contributed by atoms with Crippen LogP contribution in [0.5, 0.6) is 0 Å². The molecule has 5 atom stereocenters. The van der Waals surface area contributed by atoms with E-state index in [9.17, 15) is 43.2 Å². The van der Waals surface area contributed by atoms with Crippen molar-refractivity contribution in [2.24, 2.45) is 0 Å². The predicted molar refractivity (Wildman–Crippen MR) is 243 cm³/mol. The van der Waals surface area contributed by atoms with Crippen molar-refractivity contribution in [3.05, 3.63) is 0 Å². The van der Waals surface area contributed by atoms with Gasteiger partial charge in [-0.1, -0.05) is 156 Å². The van der Waals surface area contributed by atoms with Crippen molar-refractivity contribution in [2.75, 3.05) is 39.6 Å². The molecule has 3 N–H and O–H groups in total. The van der Waals surface area contributed by atoms with Gasteiger partial charge in [-0.25, -0.2) is 9.13 Å². The van der Waals surface area contributed by atoms with E-state index in [-0.39, 0.29) is 25.7 Å². The number of carbonyl (C=O) groups excluding carboxylic acids is 4. The highest BCUT2D eigenvalue weighted by Crippen LogP contribution is 2.45. The van der Waals surface area contributed by atoms with Crippen molar-refractivity contribution in [1.82, 2.24) is 0 Å². The second-order valence-corrected chi connectivity index (χ2v) is 19.3. The maximum absolute atomic E-state index is 12.7. The van der Waals surface area contributed by atoms with Crippen LogP contribution in [0.25, 0.3) is 0 Å². The average Bonchev–Trinajstić information content (AvgIpc) is 3.26. The molecule has 19 heteroatoms. The molecule has 0 aliphatic heterocycles. The molecule has 0 aromatic carbocycles. The Morgan fingerprint density at radius 2 is 0.641 bits per heavy atom. The number of esters is 4. The third-order valence-corrected chi connectivity index (χ3v) is 12.0. The summed E-state index contributed by atoms with van der Waals surface area (Å²) >= 11 is 0. The maximum atomic E-state index is 12.7. The quantitative estimate of drug-likeness (QED) is 0.0222. The van der Waals surface area contributed by atoms with E-state index in [1.54, 1.807) is 0 Å². The fourth-order valence-electron chi connectivity index (χ4n) is 6.25. The third-order valence-electron chi connectivity index (χ3n) is 10.1. The molecule has 0 bridgehead atoms. The topological polar surface area (TPSA) is 237 Å². The average molecular weight is 961 g/mol. The van der Waals surface area contributed by atoms with E-state index < -0.39 is 97.5 Å². The molecule has 0 saturated heterocycles. The van der Waals surface area contributed by atoms with Gasteiger partial charge in [-0.3, -0.25) is 37.3 Å². The van der Waals surface area contributed by atoms with Crippen LogP contribution in [0.1, 0.15) is 207 Å². The fourth-order valence-corrected chi connectivity index (χ4v) is 7.83. The highest BCUT2D eigenvalue weighted by Gasteiger charge is 2.30. The molecule has 0 rings (SSSR count). The molecule has 0 fully saturated rings. The summed E-state index contributed by atoms with van der Waals surface area (Å²) in [5, 5.41) is 10.3. The number of unbranched alkanes of at least 4 members (excludes halogenated alkanes) is 20. The van der Waals surface area contributed by atoms with Gasteiger partial charge in [0.25, 0.3) is 0 Å². The number of aliphatic hydroxyl groups excluding tert-OH is 1. The first-order valence-corrected chi connectivity index (χ1v) is 27.3. The van der Waals surface area contributed by atoms with Crippen LogP contribution >= 0.6 is 15.6 Å². The Morgan fingerprint density at radius 1 is 0.375 bits per heavy atom. The van der Waals surface area contributed by atoms with E-state index in [4.69, 9.17) is 37.0 Å². The van der Waals surface area contributed by atoms with Crippen molar-refractivity contribution in [3.8, 4) is 0 Å². The molecule has 0 heterocycles. The molecular weight excluding hydrogens is 874 g/mol. The minimum absolute atomic E-state index is 0.0884. The second-order valence-electron chi connectivity index (χ2n) is 16.4. The summed E-state index contributed by atoms with van der Waals surface area (Å²) in [5.74, 6) is -2.24. The maximum Gasteiger partial charge on any atom is 0.472 e. The van der Waals surface area contributed by atoms with Gasteiger partial charge in [0.1, 0.15) is 19.3 Å². The number of carbonyl (C=O) groups is 4. The molecule has 0 aromatic rings. The number of rotatable bonds is 46. The highest BCUT2D eigenvalue weighted by atomic mass is 31.2. The minimum Gasteiger partial charge on any atom is -0.462 e. The molecule has 0 saturated carbocycles. The molecular formula is C45H86O17P2. The summed E-state index contributed by atoms with van der Waals surface area (Å²) in [6.07, 6.45) is 21.0. The van der Waals surface area contributed by atoms with Crippen LogP contribution in [0.2, 0.25) is 0 Å². The third kappa shape index (κ3) is 40.3. The van der Waals surface area contributed by atoms with Crippen LogP contribution in [-0.2, 0) is 65.4 Å². The summed E-state index contributed by atoms with van der Waals surface area (Å²) in [5.41, 5.74) is 0. The molecule has 2 unspecified atom stereocenters. The van der Waals surface area contributed by atoms with Gasteiger partial charge in [0.15, 0.2) is 12.2 Å². The second kappa shape index (κ2) is 41.3. The van der Waals surface area contributed by atoms with E-state index in [0.29, 0.717) is 25.7 Å². The lowest BCUT2D eigenvalue weighted by Gasteiger charge is -2.21. The zero-order chi connectivity index (χ0) is 47.7. The Labute approximate surface area is 384 Å². The van der Waals surface area contributed by atoms with Crippen molar-refractivity contribution in [1.29, 1.82) is 0 Å². The summed E-state index contributed by atoms with van der Waals surface area (Å²) in [7, 11) is -9.80. The van der Waals surface area contributed by atoms with Crippen LogP contribution in [0.15, 0.2) is 0 Å². The Bertz CT molecular complexity index is 1290. The van der Waals surface area contributed by atoms with Crippen LogP contribution in [0, 0.1) is 0 Å². The number of hydrogen-bond acceptors (Lipinski definition) is 15. The van der Waals surface area contributed by atoms with E-state index in [2.05, 4.69) is 6.92 Å². The SMILES string of the molecule is CCCCCCCCCCCCCCCCCC(=O)O[C@H](COC(=O)CCCC)COP(=O)(O)OC[C@H](O)COP(=O)(O)OC[C@@H](COC(=O)CCCCCC)OC(=O)CCCCC. The molecule has 17 nitrogen and oxygen atoms in total. The van der Waals surface area contributed by atoms with Gasteiger partial charge in [-0.2, -0.15) is 0 Å². The smallest absolute Gasteiger partial charge is 0.462 e. The van der Waals surface area contributed by atoms with Gasteiger partial charge in [-0.15, -0.1) is 0 Å².